The number of thioether (sulfide) groups is 2. The van der Waals surface area contributed by atoms with Crippen LogP contribution in [0.4, 0.5) is 5.69 Å². The molecule has 1 aliphatic carbocycles. The largest absolute Gasteiger partial charge is 0.343 e. The summed E-state index contributed by atoms with van der Waals surface area (Å²) in [5.41, 5.74) is 3.33. The first-order valence-electron chi connectivity index (χ1n) is 14.3. The van der Waals surface area contributed by atoms with Crippen molar-refractivity contribution in [3.05, 3.63) is 69.3 Å². The molecule has 1 N–H and O–H groups in total. The molecule has 222 valence electrons. The van der Waals surface area contributed by atoms with Gasteiger partial charge in [0, 0.05) is 23.7 Å². The average molecular weight is 650 g/mol. The number of thiazole rings is 1. The molecule has 2 amide bonds. The molecule has 5 aromatic rings. The number of aryl methyl sites for hydroxylation is 2. The Morgan fingerprint density at radius 3 is 2.56 bits per heavy atom. The minimum absolute atomic E-state index is 0.0679. The fraction of sp³-hybridized carbons (Fsp3) is 0.323. The third-order valence-electron chi connectivity index (χ3n) is 7.39. The summed E-state index contributed by atoms with van der Waals surface area (Å²) in [5.74, 6) is 0.368. The number of aromatic nitrogens is 3. The molecule has 8 nitrogen and oxygen atoms in total. The maximum absolute atomic E-state index is 13.9. The van der Waals surface area contributed by atoms with Gasteiger partial charge in [0.15, 0.2) is 9.50 Å². The fourth-order valence-electron chi connectivity index (χ4n) is 5.25. The van der Waals surface area contributed by atoms with Gasteiger partial charge < -0.3 is 10.2 Å². The number of carbonyl (C=O) groups is 2. The molecule has 1 aliphatic rings. The first kappa shape index (κ1) is 29.9. The van der Waals surface area contributed by atoms with Crippen LogP contribution in [0.15, 0.2) is 62.8 Å². The predicted octanol–water partition coefficient (Wildman–Crippen LogP) is 6.63. The summed E-state index contributed by atoms with van der Waals surface area (Å²) in [6, 6.07) is 15.1. The maximum Gasteiger partial charge on any atom is 0.267 e. The Morgan fingerprint density at radius 2 is 1.77 bits per heavy atom. The molecule has 12 heteroatoms. The van der Waals surface area contributed by atoms with Gasteiger partial charge in [-0.05, 0) is 75.4 Å². The highest BCUT2D eigenvalue weighted by atomic mass is 32.2. The Balaban J connectivity index is 1.18. The smallest absolute Gasteiger partial charge is 0.267 e. The first-order valence-corrected chi connectivity index (χ1v) is 17.9. The van der Waals surface area contributed by atoms with E-state index in [1.54, 1.807) is 15.9 Å². The summed E-state index contributed by atoms with van der Waals surface area (Å²) >= 11 is 5.83. The van der Waals surface area contributed by atoms with E-state index in [4.69, 9.17) is 4.98 Å². The lowest BCUT2D eigenvalue weighted by molar-refractivity contribution is -0.128. The molecule has 0 saturated heterocycles. The Morgan fingerprint density at radius 1 is 0.977 bits per heavy atom. The van der Waals surface area contributed by atoms with Crippen molar-refractivity contribution in [3.63, 3.8) is 0 Å². The monoisotopic (exact) mass is 649 g/mol. The Bertz CT molecular complexity index is 1860. The fourth-order valence-corrected chi connectivity index (χ4v) is 9.37. The number of hydrogen-bond acceptors (Lipinski definition) is 9. The topological polar surface area (TPSA) is 97.2 Å². The van der Waals surface area contributed by atoms with Crippen molar-refractivity contribution in [2.45, 2.75) is 49.0 Å². The molecule has 0 fully saturated rings. The zero-order valence-electron chi connectivity index (χ0n) is 23.9. The molecule has 0 unspecified atom stereocenters. The summed E-state index contributed by atoms with van der Waals surface area (Å²) < 4.78 is 3.41. The molecule has 0 atom stereocenters. The predicted molar refractivity (Wildman–Crippen MR) is 179 cm³/mol. The van der Waals surface area contributed by atoms with Gasteiger partial charge in [0.2, 0.25) is 11.8 Å². The highest BCUT2D eigenvalue weighted by molar-refractivity contribution is 8.01. The zero-order valence-corrected chi connectivity index (χ0v) is 27.2. The second-order valence-corrected chi connectivity index (χ2v) is 14.4. The van der Waals surface area contributed by atoms with Crippen LogP contribution in [0.5, 0.6) is 0 Å². The van der Waals surface area contributed by atoms with Gasteiger partial charge >= 0.3 is 0 Å². The van der Waals surface area contributed by atoms with E-state index in [9.17, 15) is 14.4 Å². The summed E-state index contributed by atoms with van der Waals surface area (Å²) in [6.07, 6.45) is 4.13. The normalized spacial score (nSPS) is 12.9. The van der Waals surface area contributed by atoms with E-state index in [1.165, 1.54) is 39.7 Å². The van der Waals surface area contributed by atoms with Crippen molar-refractivity contribution in [3.8, 4) is 5.69 Å². The number of para-hydroxylation sites is 1. The SMILES string of the molecule is CCN(CC)C(=O)CSc1nc2ccc(NC(=O)CSc3nc4sc5c(c4c(=O)n3-c3ccccc3)CCCC5)cc2s1. The second kappa shape index (κ2) is 13.2. The van der Waals surface area contributed by atoms with Crippen LogP contribution in [0.3, 0.4) is 0 Å². The molecule has 0 bridgehead atoms. The van der Waals surface area contributed by atoms with Gasteiger partial charge in [-0.2, -0.15) is 0 Å². The third kappa shape index (κ3) is 6.38. The van der Waals surface area contributed by atoms with E-state index in [0.717, 1.165) is 61.7 Å². The van der Waals surface area contributed by atoms with Crippen LogP contribution >= 0.6 is 46.2 Å². The number of rotatable bonds is 10. The highest BCUT2D eigenvalue weighted by Gasteiger charge is 2.23. The van der Waals surface area contributed by atoms with Crippen LogP contribution in [0.1, 0.15) is 37.1 Å². The molecular formula is C31H31N5O3S4. The molecule has 6 rings (SSSR count). The van der Waals surface area contributed by atoms with Gasteiger partial charge in [-0.15, -0.1) is 22.7 Å². The lowest BCUT2D eigenvalue weighted by Crippen LogP contribution is -2.31. The third-order valence-corrected chi connectivity index (χ3v) is 11.7. The van der Waals surface area contributed by atoms with Crippen LogP contribution in [-0.2, 0) is 22.4 Å². The lowest BCUT2D eigenvalue weighted by Gasteiger charge is -2.17. The molecular weight excluding hydrogens is 619 g/mol. The Kier molecular flexibility index (Phi) is 9.17. The van der Waals surface area contributed by atoms with Crippen molar-refractivity contribution >= 4 is 84.1 Å². The van der Waals surface area contributed by atoms with Gasteiger partial charge in [-0.3, -0.25) is 19.0 Å². The molecule has 0 aliphatic heterocycles. The average Bonchev–Trinajstić information content (AvgIpc) is 3.60. The number of benzene rings is 2. The second-order valence-electron chi connectivity index (χ2n) is 10.1. The van der Waals surface area contributed by atoms with Crippen LogP contribution in [0.25, 0.3) is 26.1 Å². The zero-order chi connectivity index (χ0) is 29.9. The number of amides is 2. The van der Waals surface area contributed by atoms with Crippen molar-refractivity contribution < 1.29 is 9.59 Å². The number of nitrogens with zero attached hydrogens (tertiary/aromatic N) is 4. The van der Waals surface area contributed by atoms with Crippen LogP contribution in [0, 0.1) is 0 Å². The molecule has 3 aromatic heterocycles. The molecule has 3 heterocycles. The Hall–Kier alpha value is -3.19. The number of nitrogens with one attached hydrogen (secondary N) is 1. The minimum atomic E-state index is -0.187. The number of carbonyl (C=O) groups excluding carboxylic acids is 2. The molecule has 0 radical (unpaired) electrons. The Labute approximate surface area is 265 Å². The van der Waals surface area contributed by atoms with Crippen molar-refractivity contribution in [2.24, 2.45) is 0 Å². The first-order chi connectivity index (χ1) is 20.9. The van der Waals surface area contributed by atoms with Gasteiger partial charge in [0.1, 0.15) is 4.83 Å². The molecule has 0 spiro atoms. The minimum Gasteiger partial charge on any atom is -0.343 e. The summed E-state index contributed by atoms with van der Waals surface area (Å²) in [6.45, 7) is 5.35. The molecule has 43 heavy (non-hydrogen) atoms. The standard InChI is InChI=1S/C31H31N5O3S4/c1-3-35(4-2)26(38)18-41-31-33-22-15-14-19(16-24(22)43-31)32-25(37)17-40-30-34-28-27(21-12-8-9-13-23(21)42-28)29(39)36(30)20-10-6-5-7-11-20/h5-7,10-11,14-16H,3-4,8-9,12-13,17-18H2,1-2H3,(H,32,37). The quantitative estimate of drug-likeness (QED) is 0.134. The number of fused-ring (bicyclic) bond motifs is 4. The summed E-state index contributed by atoms with van der Waals surface area (Å²) in [4.78, 5) is 52.7. The number of anilines is 1. The van der Waals surface area contributed by atoms with Gasteiger partial charge in [0.25, 0.3) is 5.56 Å². The molecule has 2 aromatic carbocycles. The van der Waals surface area contributed by atoms with E-state index in [-0.39, 0.29) is 23.1 Å². The van der Waals surface area contributed by atoms with Gasteiger partial charge in [0.05, 0.1) is 32.8 Å². The summed E-state index contributed by atoms with van der Waals surface area (Å²) in [7, 11) is 0. The highest BCUT2D eigenvalue weighted by Crippen LogP contribution is 2.35. The summed E-state index contributed by atoms with van der Waals surface area (Å²) in [5, 5.41) is 4.22. The van der Waals surface area contributed by atoms with Crippen molar-refractivity contribution in [2.75, 3.05) is 29.9 Å². The lowest BCUT2D eigenvalue weighted by atomic mass is 9.97. The van der Waals surface area contributed by atoms with Gasteiger partial charge in [-0.1, -0.05) is 41.7 Å². The maximum atomic E-state index is 13.9. The van der Waals surface area contributed by atoms with E-state index in [2.05, 4.69) is 10.3 Å². The van der Waals surface area contributed by atoms with Crippen LogP contribution in [0.2, 0.25) is 0 Å². The van der Waals surface area contributed by atoms with E-state index >= 15 is 0 Å². The van der Waals surface area contributed by atoms with E-state index < -0.39 is 0 Å². The van der Waals surface area contributed by atoms with Crippen molar-refractivity contribution in [1.29, 1.82) is 0 Å². The van der Waals surface area contributed by atoms with E-state index in [0.29, 0.717) is 29.7 Å². The van der Waals surface area contributed by atoms with Gasteiger partial charge in [-0.25, -0.2) is 9.97 Å². The van der Waals surface area contributed by atoms with Crippen molar-refractivity contribution in [1.82, 2.24) is 19.4 Å². The van der Waals surface area contributed by atoms with Crippen LogP contribution in [-0.4, -0.2) is 55.8 Å². The number of hydrogen-bond donors (Lipinski definition) is 1. The molecule has 0 saturated carbocycles. The van der Waals surface area contributed by atoms with Crippen LogP contribution < -0.4 is 10.9 Å². The van der Waals surface area contributed by atoms with E-state index in [1.807, 2.05) is 67.3 Å². The number of thiophene rings is 1.